The van der Waals surface area contributed by atoms with Crippen molar-refractivity contribution in [1.82, 2.24) is 10.2 Å². The van der Waals surface area contributed by atoms with Gasteiger partial charge in [-0.05, 0) is 33.4 Å². The largest absolute Gasteiger partial charge is 0.353 e. The van der Waals surface area contributed by atoms with Crippen molar-refractivity contribution >= 4 is 5.91 Å². The minimum Gasteiger partial charge on any atom is -0.353 e. The van der Waals surface area contributed by atoms with E-state index in [0.29, 0.717) is 0 Å². The first kappa shape index (κ1) is 15.4. The minimum atomic E-state index is -0.349. The lowest BCUT2D eigenvalue weighted by molar-refractivity contribution is -0.123. The summed E-state index contributed by atoms with van der Waals surface area (Å²) >= 11 is 0. The molecule has 0 bridgehead atoms. The summed E-state index contributed by atoms with van der Waals surface area (Å²) in [4.78, 5) is 14.2. The van der Waals surface area contributed by atoms with Gasteiger partial charge in [-0.2, -0.15) is 0 Å². The summed E-state index contributed by atoms with van der Waals surface area (Å²) in [6.07, 6.45) is 7.89. The van der Waals surface area contributed by atoms with Crippen LogP contribution in [0.5, 0.6) is 0 Å². The summed E-state index contributed by atoms with van der Waals surface area (Å²) < 4.78 is 0. The fourth-order valence-corrected chi connectivity index (χ4v) is 2.82. The molecule has 4 heteroatoms. The second kappa shape index (κ2) is 7.10. The Bertz CT molecular complexity index is 260. The summed E-state index contributed by atoms with van der Waals surface area (Å²) in [6.45, 7) is 2.78. The molecule has 1 aliphatic rings. The van der Waals surface area contributed by atoms with Crippen molar-refractivity contribution < 1.29 is 4.79 Å². The highest BCUT2D eigenvalue weighted by molar-refractivity contribution is 5.81. The Hall–Kier alpha value is -0.610. The van der Waals surface area contributed by atoms with E-state index < -0.39 is 0 Å². The molecule has 4 nitrogen and oxygen atoms in total. The Kier molecular flexibility index (Phi) is 6.09. The monoisotopic (exact) mass is 255 g/mol. The van der Waals surface area contributed by atoms with E-state index in [0.717, 1.165) is 19.4 Å². The maximum absolute atomic E-state index is 11.9. The molecule has 1 amide bonds. The molecule has 3 N–H and O–H groups in total. The number of carbonyl (C=O) groups is 1. The van der Waals surface area contributed by atoms with E-state index in [2.05, 4.69) is 31.2 Å². The molecule has 0 heterocycles. The predicted molar refractivity (Wildman–Crippen MR) is 75.4 cm³/mol. The molecule has 1 aliphatic carbocycles. The molecule has 1 rings (SSSR count). The first-order valence-electron chi connectivity index (χ1n) is 7.22. The molecule has 1 unspecified atom stereocenters. The Morgan fingerprint density at radius 1 is 1.33 bits per heavy atom. The van der Waals surface area contributed by atoms with Gasteiger partial charge in [0.2, 0.25) is 5.91 Å². The van der Waals surface area contributed by atoms with Crippen LogP contribution < -0.4 is 11.1 Å². The summed E-state index contributed by atoms with van der Waals surface area (Å²) in [5.74, 6) is 0.00338. The second-order valence-electron chi connectivity index (χ2n) is 5.79. The zero-order chi connectivity index (χ0) is 13.6. The highest BCUT2D eigenvalue weighted by Gasteiger charge is 2.34. The number of nitrogens with two attached hydrogens (primary N) is 1. The topological polar surface area (TPSA) is 58.4 Å². The third kappa shape index (κ3) is 3.95. The number of nitrogens with one attached hydrogen (secondary N) is 1. The van der Waals surface area contributed by atoms with Crippen LogP contribution in [-0.2, 0) is 4.79 Å². The van der Waals surface area contributed by atoms with Crippen molar-refractivity contribution in [2.24, 2.45) is 5.73 Å². The van der Waals surface area contributed by atoms with Crippen molar-refractivity contribution in [2.75, 3.05) is 20.6 Å². The smallest absolute Gasteiger partial charge is 0.236 e. The molecular weight excluding hydrogens is 226 g/mol. The van der Waals surface area contributed by atoms with Gasteiger partial charge in [-0.15, -0.1) is 0 Å². The van der Waals surface area contributed by atoms with Crippen molar-refractivity contribution in [1.29, 1.82) is 0 Å². The fraction of sp³-hybridized carbons (Fsp3) is 0.929. The molecule has 106 valence electrons. The number of likely N-dealkylation sites (N-methyl/N-ethyl adjacent to an activating group) is 1. The first-order valence-corrected chi connectivity index (χ1v) is 7.22. The van der Waals surface area contributed by atoms with E-state index in [1.54, 1.807) is 0 Å². The standard InChI is InChI=1S/C14H29N3O/c1-4-8-12(15)13(18)16-11-14(17(2)3)9-6-5-7-10-14/h12H,4-11,15H2,1-3H3,(H,16,18). The molecule has 18 heavy (non-hydrogen) atoms. The van der Waals surface area contributed by atoms with Crippen LogP contribution in [0.2, 0.25) is 0 Å². The Labute approximate surface area is 111 Å². The number of carbonyl (C=O) groups excluding carboxylic acids is 1. The van der Waals surface area contributed by atoms with Crippen LogP contribution in [0.4, 0.5) is 0 Å². The molecule has 0 spiro atoms. The number of hydrogen-bond acceptors (Lipinski definition) is 3. The van der Waals surface area contributed by atoms with Gasteiger partial charge < -0.3 is 16.0 Å². The highest BCUT2D eigenvalue weighted by Crippen LogP contribution is 2.31. The van der Waals surface area contributed by atoms with Crippen LogP contribution in [0.25, 0.3) is 0 Å². The van der Waals surface area contributed by atoms with Crippen LogP contribution in [-0.4, -0.2) is 43.0 Å². The zero-order valence-electron chi connectivity index (χ0n) is 12.2. The molecule has 0 radical (unpaired) electrons. The molecular formula is C14H29N3O. The van der Waals surface area contributed by atoms with Crippen molar-refractivity contribution in [3.05, 3.63) is 0 Å². The van der Waals surface area contributed by atoms with Gasteiger partial charge >= 0.3 is 0 Å². The molecule has 0 aliphatic heterocycles. The quantitative estimate of drug-likeness (QED) is 0.756. The van der Waals surface area contributed by atoms with E-state index in [4.69, 9.17) is 5.73 Å². The highest BCUT2D eigenvalue weighted by atomic mass is 16.2. The van der Waals surface area contributed by atoms with Crippen LogP contribution in [0, 0.1) is 0 Å². The van der Waals surface area contributed by atoms with Gasteiger partial charge in [0.15, 0.2) is 0 Å². The van der Waals surface area contributed by atoms with Gasteiger partial charge in [0.25, 0.3) is 0 Å². The normalized spacial score (nSPS) is 20.7. The number of amides is 1. The molecule has 0 aromatic carbocycles. The van der Waals surface area contributed by atoms with Gasteiger partial charge in [0.05, 0.1) is 6.04 Å². The molecule has 1 saturated carbocycles. The van der Waals surface area contributed by atoms with E-state index in [9.17, 15) is 4.79 Å². The minimum absolute atomic E-state index is 0.00338. The molecule has 0 aromatic rings. The van der Waals surface area contributed by atoms with Crippen molar-refractivity contribution in [3.8, 4) is 0 Å². The SMILES string of the molecule is CCCC(N)C(=O)NCC1(N(C)C)CCCCC1. The molecule has 1 fully saturated rings. The lowest BCUT2D eigenvalue weighted by Crippen LogP contribution is -2.55. The maximum atomic E-state index is 11.9. The van der Waals surface area contributed by atoms with Crippen LogP contribution in [0.3, 0.4) is 0 Å². The molecule has 0 saturated heterocycles. The number of nitrogens with zero attached hydrogens (tertiary/aromatic N) is 1. The van der Waals surface area contributed by atoms with E-state index in [1.807, 2.05) is 0 Å². The maximum Gasteiger partial charge on any atom is 0.236 e. The lowest BCUT2D eigenvalue weighted by Gasteiger charge is -2.43. The Morgan fingerprint density at radius 2 is 1.94 bits per heavy atom. The summed E-state index contributed by atoms with van der Waals surface area (Å²) in [6, 6.07) is -0.349. The van der Waals surface area contributed by atoms with Crippen LogP contribution in [0.15, 0.2) is 0 Å². The summed E-state index contributed by atoms with van der Waals surface area (Å²) in [5.41, 5.74) is 5.98. The predicted octanol–water partition coefficient (Wildman–Crippen LogP) is 1.49. The van der Waals surface area contributed by atoms with E-state index in [-0.39, 0.29) is 17.5 Å². The zero-order valence-corrected chi connectivity index (χ0v) is 12.2. The first-order chi connectivity index (χ1) is 8.52. The average Bonchev–Trinajstić information content (AvgIpc) is 2.37. The van der Waals surface area contributed by atoms with Crippen LogP contribution >= 0.6 is 0 Å². The summed E-state index contributed by atoms with van der Waals surface area (Å²) in [5, 5.41) is 3.05. The van der Waals surface area contributed by atoms with Gasteiger partial charge in [-0.25, -0.2) is 0 Å². The Morgan fingerprint density at radius 3 is 2.44 bits per heavy atom. The number of hydrogen-bond donors (Lipinski definition) is 2. The van der Waals surface area contributed by atoms with Gasteiger partial charge in [0.1, 0.15) is 0 Å². The third-order valence-corrected chi connectivity index (χ3v) is 4.26. The lowest BCUT2D eigenvalue weighted by atomic mass is 9.80. The second-order valence-corrected chi connectivity index (χ2v) is 5.79. The molecule has 1 atom stereocenters. The fourth-order valence-electron chi connectivity index (χ4n) is 2.82. The average molecular weight is 255 g/mol. The van der Waals surface area contributed by atoms with Crippen LogP contribution in [0.1, 0.15) is 51.9 Å². The molecule has 0 aromatic heterocycles. The van der Waals surface area contributed by atoms with Gasteiger partial charge in [0, 0.05) is 12.1 Å². The van der Waals surface area contributed by atoms with E-state index >= 15 is 0 Å². The summed E-state index contributed by atoms with van der Waals surface area (Å²) in [7, 11) is 4.23. The van der Waals surface area contributed by atoms with Crippen molar-refractivity contribution in [3.63, 3.8) is 0 Å². The van der Waals surface area contributed by atoms with Gasteiger partial charge in [-0.3, -0.25) is 4.79 Å². The van der Waals surface area contributed by atoms with Crippen molar-refractivity contribution in [2.45, 2.75) is 63.5 Å². The number of rotatable bonds is 6. The van der Waals surface area contributed by atoms with E-state index in [1.165, 1.54) is 32.1 Å². The van der Waals surface area contributed by atoms with Gasteiger partial charge in [-0.1, -0.05) is 32.6 Å². The Balaban J connectivity index is 2.49. The third-order valence-electron chi connectivity index (χ3n) is 4.26.